The number of carbonyl (C=O) groups is 2. The van der Waals surface area contributed by atoms with Crippen LogP contribution >= 0.6 is 0 Å². The van der Waals surface area contributed by atoms with Crippen LogP contribution in [0.4, 0.5) is 0 Å². The van der Waals surface area contributed by atoms with Crippen molar-refractivity contribution in [1.29, 1.82) is 0 Å². The molecule has 0 aliphatic heterocycles. The number of terminal acetylenes is 2. The van der Waals surface area contributed by atoms with E-state index in [1.165, 1.54) is 0 Å². The molecule has 0 aromatic heterocycles. The van der Waals surface area contributed by atoms with Gasteiger partial charge in [0.25, 0.3) is 0 Å². The van der Waals surface area contributed by atoms with Crippen LogP contribution in [0.15, 0.2) is 58.7 Å². The summed E-state index contributed by atoms with van der Waals surface area (Å²) in [6.07, 6.45) is 19.8. The number of nitrogens with one attached hydrogen (secondary N) is 2. The zero-order valence-corrected chi connectivity index (χ0v) is 21.5. The van der Waals surface area contributed by atoms with Crippen molar-refractivity contribution in [1.82, 2.24) is 10.9 Å². The fourth-order valence-electron chi connectivity index (χ4n) is 3.41. The van der Waals surface area contributed by atoms with Crippen LogP contribution < -0.4 is 20.3 Å². The van der Waals surface area contributed by atoms with Gasteiger partial charge in [-0.25, -0.2) is 10.9 Å². The first-order valence-electron chi connectivity index (χ1n) is 12.6. The monoisotopic (exact) mass is 514 g/mol. The van der Waals surface area contributed by atoms with E-state index in [2.05, 4.69) is 32.9 Å². The SMILES string of the molecule is C#CCOc1ccccc1/C=N/NC(=O)CCCCCCCCC(=O)N/N=C/c1ccccc1OCC#C. The van der Waals surface area contributed by atoms with Crippen molar-refractivity contribution in [3.63, 3.8) is 0 Å². The molecule has 0 aliphatic rings. The summed E-state index contributed by atoms with van der Waals surface area (Å²) in [6, 6.07) is 14.6. The van der Waals surface area contributed by atoms with Crippen LogP contribution in [-0.2, 0) is 9.59 Å². The Labute approximate surface area is 224 Å². The van der Waals surface area contributed by atoms with Crippen molar-refractivity contribution in [2.75, 3.05) is 13.2 Å². The molecule has 0 heterocycles. The number of unbranched alkanes of at least 4 members (excludes halogenated alkanes) is 5. The summed E-state index contributed by atoms with van der Waals surface area (Å²) in [6.45, 7) is 0.332. The number of carbonyl (C=O) groups excluding carboxylic acids is 2. The lowest BCUT2D eigenvalue weighted by Crippen LogP contribution is -2.17. The van der Waals surface area contributed by atoms with Gasteiger partial charge < -0.3 is 9.47 Å². The smallest absolute Gasteiger partial charge is 0.240 e. The van der Waals surface area contributed by atoms with Gasteiger partial charge in [-0.2, -0.15) is 10.2 Å². The average molecular weight is 515 g/mol. The van der Waals surface area contributed by atoms with Crippen molar-refractivity contribution >= 4 is 24.2 Å². The molecule has 8 nitrogen and oxygen atoms in total. The van der Waals surface area contributed by atoms with Crippen LogP contribution in [-0.4, -0.2) is 37.5 Å². The maximum Gasteiger partial charge on any atom is 0.240 e. The minimum absolute atomic E-state index is 0.134. The van der Waals surface area contributed by atoms with Gasteiger partial charge in [0.2, 0.25) is 11.8 Å². The molecule has 0 spiro atoms. The number of hydrazone groups is 2. The Hall–Kier alpha value is -4.56. The minimum atomic E-state index is -0.134. The first-order chi connectivity index (χ1) is 18.6. The summed E-state index contributed by atoms with van der Waals surface area (Å²) in [5.41, 5.74) is 6.55. The highest BCUT2D eigenvalue weighted by Gasteiger charge is 2.04. The normalized spacial score (nSPS) is 10.6. The van der Waals surface area contributed by atoms with Crippen LogP contribution in [0.25, 0.3) is 0 Å². The third-order valence-corrected chi connectivity index (χ3v) is 5.30. The summed E-state index contributed by atoms with van der Waals surface area (Å²) in [5.74, 6) is 5.80. The molecule has 2 N–H and O–H groups in total. The Morgan fingerprint density at radius 1 is 0.684 bits per heavy atom. The van der Waals surface area contributed by atoms with E-state index in [4.69, 9.17) is 22.3 Å². The highest BCUT2D eigenvalue weighted by atomic mass is 16.5. The molecule has 38 heavy (non-hydrogen) atoms. The number of hydrogen-bond donors (Lipinski definition) is 2. The van der Waals surface area contributed by atoms with E-state index in [1.807, 2.05) is 36.4 Å². The lowest BCUT2D eigenvalue weighted by molar-refractivity contribution is -0.122. The highest BCUT2D eigenvalue weighted by Crippen LogP contribution is 2.16. The van der Waals surface area contributed by atoms with Gasteiger partial charge in [-0.15, -0.1) is 12.8 Å². The molecule has 198 valence electrons. The first-order valence-corrected chi connectivity index (χ1v) is 12.6. The fourth-order valence-corrected chi connectivity index (χ4v) is 3.41. The van der Waals surface area contributed by atoms with Crippen LogP contribution in [0.5, 0.6) is 11.5 Å². The second-order valence-corrected chi connectivity index (χ2v) is 8.27. The van der Waals surface area contributed by atoms with Gasteiger partial charge in [-0.3, -0.25) is 9.59 Å². The topological polar surface area (TPSA) is 101 Å². The van der Waals surface area contributed by atoms with Gasteiger partial charge >= 0.3 is 0 Å². The van der Waals surface area contributed by atoms with E-state index >= 15 is 0 Å². The second kappa shape index (κ2) is 18.7. The Morgan fingerprint density at radius 3 is 1.50 bits per heavy atom. The number of rotatable bonds is 17. The summed E-state index contributed by atoms with van der Waals surface area (Å²) in [7, 11) is 0. The molecule has 0 saturated carbocycles. The van der Waals surface area contributed by atoms with Gasteiger partial charge in [-0.05, 0) is 37.1 Å². The van der Waals surface area contributed by atoms with E-state index in [-0.39, 0.29) is 25.0 Å². The van der Waals surface area contributed by atoms with Crippen LogP contribution in [0, 0.1) is 24.7 Å². The van der Waals surface area contributed by atoms with Crippen molar-refractivity contribution < 1.29 is 19.1 Å². The lowest BCUT2D eigenvalue weighted by atomic mass is 10.1. The third-order valence-electron chi connectivity index (χ3n) is 5.30. The average Bonchev–Trinajstić information content (AvgIpc) is 2.93. The predicted octanol–water partition coefficient (Wildman–Crippen LogP) is 4.43. The molecule has 0 radical (unpaired) electrons. The molecule has 2 aromatic carbocycles. The molecule has 2 rings (SSSR count). The summed E-state index contributed by atoms with van der Waals surface area (Å²) < 4.78 is 10.9. The van der Waals surface area contributed by atoms with E-state index in [1.54, 1.807) is 24.6 Å². The Balaban J connectivity index is 1.52. The van der Waals surface area contributed by atoms with Crippen LogP contribution in [0.2, 0.25) is 0 Å². The Kier molecular flexibility index (Phi) is 14.6. The zero-order chi connectivity index (χ0) is 27.3. The Morgan fingerprint density at radius 2 is 1.08 bits per heavy atom. The molecule has 0 atom stereocenters. The van der Waals surface area contributed by atoms with Gasteiger partial charge in [0, 0.05) is 24.0 Å². The molecule has 0 bridgehead atoms. The first kappa shape index (κ1) is 29.7. The fraction of sp³-hybridized carbons (Fsp3) is 0.333. The number of hydrogen-bond acceptors (Lipinski definition) is 6. The maximum absolute atomic E-state index is 12.0. The lowest BCUT2D eigenvalue weighted by Gasteiger charge is -2.05. The van der Waals surface area contributed by atoms with Crippen LogP contribution in [0.3, 0.4) is 0 Å². The van der Waals surface area contributed by atoms with E-state index < -0.39 is 0 Å². The standard InChI is InChI=1S/C30H34N4O4/c1-3-21-37-27-17-13-11-15-25(27)23-31-33-29(35)19-9-7-5-6-8-10-20-30(36)34-32-24-26-16-12-14-18-28(26)38-22-4-2/h1-2,11-18,23-24H,5-10,19-22H2,(H,33,35)(H,34,36)/b31-23+,32-24+. The highest BCUT2D eigenvalue weighted by molar-refractivity contribution is 5.86. The molecule has 2 aromatic rings. The van der Waals surface area contributed by atoms with Crippen molar-refractivity contribution in [3.8, 4) is 36.2 Å². The molecular formula is C30H34N4O4. The number of para-hydroxylation sites is 2. The van der Waals surface area contributed by atoms with E-state index in [9.17, 15) is 9.59 Å². The van der Waals surface area contributed by atoms with E-state index in [0.717, 1.165) is 49.7 Å². The molecule has 0 unspecified atom stereocenters. The zero-order valence-electron chi connectivity index (χ0n) is 21.5. The van der Waals surface area contributed by atoms with Gasteiger partial charge in [0.05, 0.1) is 12.4 Å². The van der Waals surface area contributed by atoms with Crippen molar-refractivity contribution in [3.05, 3.63) is 59.7 Å². The third kappa shape index (κ3) is 12.4. The number of amides is 2. The largest absolute Gasteiger partial charge is 0.480 e. The van der Waals surface area contributed by atoms with E-state index in [0.29, 0.717) is 24.3 Å². The maximum atomic E-state index is 12.0. The molecule has 0 saturated heterocycles. The number of ether oxygens (including phenoxy) is 2. The van der Waals surface area contributed by atoms with Crippen molar-refractivity contribution in [2.24, 2.45) is 10.2 Å². The van der Waals surface area contributed by atoms with Gasteiger partial charge in [0.15, 0.2) is 0 Å². The van der Waals surface area contributed by atoms with Crippen LogP contribution in [0.1, 0.15) is 62.5 Å². The molecular weight excluding hydrogens is 480 g/mol. The molecule has 2 amide bonds. The van der Waals surface area contributed by atoms with Gasteiger partial charge in [-0.1, -0.05) is 61.8 Å². The van der Waals surface area contributed by atoms with Gasteiger partial charge in [0.1, 0.15) is 24.7 Å². The summed E-state index contributed by atoms with van der Waals surface area (Å²) in [4.78, 5) is 24.0. The quantitative estimate of drug-likeness (QED) is 0.141. The molecule has 0 fully saturated rings. The summed E-state index contributed by atoms with van der Waals surface area (Å²) >= 11 is 0. The Bertz CT molecular complexity index is 1070. The minimum Gasteiger partial charge on any atom is -0.480 e. The number of benzene rings is 2. The molecule has 8 heteroatoms. The van der Waals surface area contributed by atoms with Crippen molar-refractivity contribution in [2.45, 2.75) is 51.4 Å². The molecule has 0 aliphatic carbocycles. The predicted molar refractivity (Wildman–Crippen MR) is 150 cm³/mol. The summed E-state index contributed by atoms with van der Waals surface area (Å²) in [5, 5.41) is 8.01. The number of nitrogens with zero attached hydrogens (tertiary/aromatic N) is 2. The second-order valence-electron chi connectivity index (χ2n) is 8.27.